The van der Waals surface area contributed by atoms with Crippen LogP contribution in [-0.2, 0) is 14.3 Å². The average Bonchev–Trinajstić information content (AvgIpc) is 2.62. The topological polar surface area (TPSA) is 43.4 Å². The summed E-state index contributed by atoms with van der Waals surface area (Å²) in [5.41, 5.74) is 1.06. The lowest BCUT2D eigenvalue weighted by molar-refractivity contribution is -0.571. The van der Waals surface area contributed by atoms with Gasteiger partial charge in [0.15, 0.2) is 0 Å². The van der Waals surface area contributed by atoms with Gasteiger partial charge in [0.25, 0.3) is 0 Å². The normalized spacial score (nSPS) is 79.2. The van der Waals surface area contributed by atoms with E-state index in [1.165, 1.54) is 0 Å². The summed E-state index contributed by atoms with van der Waals surface area (Å²) in [6, 6.07) is 0. The van der Waals surface area contributed by atoms with Gasteiger partial charge in [0, 0.05) is 0 Å². The third kappa shape index (κ3) is 0.407. The Hall–Kier alpha value is -0.860. The molecule has 10 atom stereocenters. The summed E-state index contributed by atoms with van der Waals surface area (Å²) in [7, 11) is 0. The second-order valence-corrected chi connectivity index (χ2v) is 7.61. The van der Waals surface area contributed by atoms with Crippen LogP contribution < -0.4 is 0 Å². The number of ether oxygens (including phenoxy) is 1. The van der Waals surface area contributed by atoms with E-state index in [0.717, 1.165) is 23.7 Å². The minimum Gasteiger partial charge on any atom is -0.393 e. The quantitative estimate of drug-likeness (QED) is 0.462. The zero-order valence-corrected chi connectivity index (χ0v) is 9.84. The van der Waals surface area contributed by atoms with Gasteiger partial charge in [-0.05, 0) is 46.3 Å². The van der Waals surface area contributed by atoms with Crippen LogP contribution in [0.3, 0.4) is 0 Å². The maximum Gasteiger partial charge on any atom is 0.317 e. The molecule has 3 heteroatoms. The van der Waals surface area contributed by atoms with Gasteiger partial charge in [0.1, 0.15) is 0 Å². The zero-order chi connectivity index (χ0) is 11.5. The highest BCUT2D eigenvalue weighted by molar-refractivity contribution is 5.98. The first kappa shape index (κ1) is 8.28. The maximum absolute atomic E-state index is 11.8. The van der Waals surface area contributed by atoms with Crippen molar-refractivity contribution < 1.29 is 14.3 Å². The van der Waals surface area contributed by atoms with Crippen LogP contribution >= 0.6 is 0 Å². The molecule has 0 spiro atoms. The number of esters is 2. The van der Waals surface area contributed by atoms with Crippen LogP contribution in [0.15, 0.2) is 0 Å². The van der Waals surface area contributed by atoms with Crippen LogP contribution in [0.2, 0.25) is 0 Å². The van der Waals surface area contributed by atoms with Gasteiger partial charge in [-0.3, -0.25) is 9.59 Å². The Kier molecular flexibility index (Phi) is 0.830. The molecule has 0 aromatic heterocycles. The minimum absolute atomic E-state index is 0.0482. The Bertz CT molecular complexity index is 482. The summed E-state index contributed by atoms with van der Waals surface area (Å²) in [5.74, 6) is 3.49. The summed E-state index contributed by atoms with van der Waals surface area (Å²) in [6.45, 7) is 4.84. The van der Waals surface area contributed by atoms with Gasteiger partial charge >= 0.3 is 11.9 Å². The molecule has 0 N–H and O–H groups in total. The van der Waals surface area contributed by atoms with E-state index in [0.29, 0.717) is 22.7 Å². The van der Waals surface area contributed by atoms with Gasteiger partial charge < -0.3 is 4.74 Å². The first-order chi connectivity index (χ1) is 8.04. The molecule has 1 saturated heterocycles. The van der Waals surface area contributed by atoms with Crippen molar-refractivity contribution in [2.45, 2.75) is 13.8 Å². The van der Waals surface area contributed by atoms with E-state index in [4.69, 9.17) is 4.74 Å². The maximum atomic E-state index is 11.8. The van der Waals surface area contributed by atoms with E-state index in [1.54, 1.807) is 0 Å². The second kappa shape index (κ2) is 1.70. The molecule has 2 bridgehead atoms. The fraction of sp³-hybridized carbons (Fsp3) is 0.857. The van der Waals surface area contributed by atoms with Crippen LogP contribution in [0.25, 0.3) is 0 Å². The number of hydrogen-bond donors (Lipinski definition) is 0. The molecular formula is C14H14O3. The Morgan fingerprint density at radius 1 is 0.824 bits per heavy atom. The van der Waals surface area contributed by atoms with Crippen molar-refractivity contribution in [2.75, 3.05) is 0 Å². The molecule has 7 aliphatic rings. The highest BCUT2D eigenvalue weighted by Crippen LogP contribution is 3.03. The zero-order valence-electron chi connectivity index (χ0n) is 9.84. The average molecular weight is 230 g/mol. The van der Waals surface area contributed by atoms with Crippen molar-refractivity contribution in [2.24, 2.45) is 58.2 Å². The third-order valence-electron chi connectivity index (χ3n) is 8.32. The van der Waals surface area contributed by atoms with Crippen LogP contribution in [0, 0.1) is 58.2 Å². The predicted octanol–water partition coefficient (Wildman–Crippen LogP) is 1.08. The van der Waals surface area contributed by atoms with Crippen LogP contribution in [0.4, 0.5) is 0 Å². The summed E-state index contributed by atoms with van der Waals surface area (Å²) in [6.07, 6.45) is 0. The molecule has 6 saturated carbocycles. The Labute approximate surface area is 98.9 Å². The van der Waals surface area contributed by atoms with Gasteiger partial charge in [-0.1, -0.05) is 13.8 Å². The monoisotopic (exact) mass is 230 g/mol. The summed E-state index contributed by atoms with van der Waals surface area (Å²) >= 11 is 0. The van der Waals surface area contributed by atoms with Crippen LogP contribution in [-0.4, -0.2) is 11.9 Å². The molecule has 0 aromatic carbocycles. The van der Waals surface area contributed by atoms with Gasteiger partial charge in [0.05, 0.1) is 11.8 Å². The van der Waals surface area contributed by atoms with Crippen molar-refractivity contribution in [1.29, 1.82) is 0 Å². The number of carbonyl (C=O) groups excluding carboxylic acids is 2. The largest absolute Gasteiger partial charge is 0.393 e. The molecule has 4 unspecified atom stereocenters. The number of cyclic esters (lactones) is 2. The van der Waals surface area contributed by atoms with Crippen molar-refractivity contribution >= 4 is 11.9 Å². The van der Waals surface area contributed by atoms with E-state index >= 15 is 0 Å². The third-order valence-corrected chi connectivity index (χ3v) is 8.32. The fourth-order valence-corrected chi connectivity index (χ4v) is 8.16. The molecule has 88 valence electrons. The summed E-state index contributed by atoms with van der Waals surface area (Å²) in [5, 5.41) is 0. The molecule has 0 aromatic rings. The Morgan fingerprint density at radius 3 is 1.53 bits per heavy atom. The SMILES string of the molecule is CC12[C@@H]3C4[C@H]5C(=O)OC(=O)[C@@H]5C5[C@H]3C1(C)[C@@H]5[C@@H]42. The van der Waals surface area contributed by atoms with Gasteiger partial charge in [-0.15, -0.1) is 0 Å². The summed E-state index contributed by atoms with van der Waals surface area (Å²) < 4.78 is 4.92. The minimum atomic E-state index is -0.200. The smallest absolute Gasteiger partial charge is 0.317 e. The molecule has 7 fully saturated rings. The van der Waals surface area contributed by atoms with E-state index in [-0.39, 0.29) is 23.8 Å². The Balaban J connectivity index is 1.58. The second-order valence-electron chi connectivity index (χ2n) is 7.61. The Morgan fingerprint density at radius 2 is 1.18 bits per heavy atom. The lowest BCUT2D eigenvalue weighted by Gasteiger charge is -3.03. The highest BCUT2D eigenvalue weighted by Gasteiger charge is 3.02. The van der Waals surface area contributed by atoms with Gasteiger partial charge in [0.2, 0.25) is 0 Å². The van der Waals surface area contributed by atoms with E-state index in [9.17, 15) is 9.59 Å². The molecule has 3 nitrogen and oxygen atoms in total. The number of carbonyl (C=O) groups is 2. The van der Waals surface area contributed by atoms with E-state index in [2.05, 4.69) is 13.8 Å². The lowest BCUT2D eigenvalue weighted by Crippen LogP contribution is -3.01. The van der Waals surface area contributed by atoms with Crippen molar-refractivity contribution in [3.63, 3.8) is 0 Å². The lowest BCUT2D eigenvalue weighted by atomic mass is 9.00. The van der Waals surface area contributed by atoms with Gasteiger partial charge in [-0.25, -0.2) is 0 Å². The number of rotatable bonds is 0. The fourth-order valence-electron chi connectivity index (χ4n) is 8.16. The standard InChI is InChI=1S/C14H14O3/c1-13-7-5-3-4(12(16)17-11(3)15)6-9(7)14(13,2)10(6)8(5)13/h3-10H,1-2H3/t3-,4-,5?,6?,7-,8+,9+,10+,13?,14?/m0/s1. The van der Waals surface area contributed by atoms with Gasteiger partial charge in [-0.2, -0.15) is 0 Å². The molecular weight excluding hydrogens is 216 g/mol. The van der Waals surface area contributed by atoms with Crippen LogP contribution in [0.5, 0.6) is 0 Å². The molecule has 1 aliphatic heterocycles. The molecule has 0 radical (unpaired) electrons. The number of hydrogen-bond acceptors (Lipinski definition) is 3. The summed E-state index contributed by atoms with van der Waals surface area (Å²) in [4.78, 5) is 23.7. The van der Waals surface area contributed by atoms with E-state index in [1.807, 2.05) is 0 Å². The molecule has 1 heterocycles. The molecule has 17 heavy (non-hydrogen) atoms. The molecule has 7 rings (SSSR count). The van der Waals surface area contributed by atoms with Crippen molar-refractivity contribution in [3.05, 3.63) is 0 Å². The van der Waals surface area contributed by atoms with Crippen LogP contribution in [0.1, 0.15) is 13.8 Å². The van der Waals surface area contributed by atoms with Crippen molar-refractivity contribution in [1.82, 2.24) is 0 Å². The van der Waals surface area contributed by atoms with Crippen molar-refractivity contribution in [3.8, 4) is 0 Å². The van der Waals surface area contributed by atoms with E-state index < -0.39 is 0 Å². The molecule has 0 amide bonds. The predicted molar refractivity (Wildman–Crippen MR) is 55.2 cm³/mol. The first-order valence-electron chi connectivity index (χ1n) is 6.80. The molecule has 6 aliphatic carbocycles. The first-order valence-corrected chi connectivity index (χ1v) is 6.80. The highest BCUT2D eigenvalue weighted by atomic mass is 16.6.